The lowest BCUT2D eigenvalue weighted by Crippen LogP contribution is -2.15. The maximum atomic E-state index is 12.6. The van der Waals surface area contributed by atoms with Gasteiger partial charge in [-0.05, 0) is 66.7 Å². The summed E-state index contributed by atoms with van der Waals surface area (Å²) in [6.45, 7) is -1.28. The van der Waals surface area contributed by atoms with Crippen molar-refractivity contribution in [2.75, 3.05) is 24.7 Å². The molecule has 27 nitrogen and oxygen atoms in total. The summed E-state index contributed by atoms with van der Waals surface area (Å²) < 4.78 is 131. The van der Waals surface area contributed by atoms with Crippen molar-refractivity contribution in [3.8, 4) is 17.2 Å². The molecule has 0 amide bonds. The number of rotatable bonds is 22. The van der Waals surface area contributed by atoms with Crippen molar-refractivity contribution in [1.82, 2.24) is 0 Å². The van der Waals surface area contributed by atoms with Crippen LogP contribution in [0.15, 0.2) is 117 Å². The Kier molecular flexibility index (Phi) is 17.1. The number of phenols is 3. The van der Waals surface area contributed by atoms with Crippen molar-refractivity contribution in [3.63, 3.8) is 0 Å². The van der Waals surface area contributed by atoms with E-state index >= 15 is 0 Å². The first kappa shape index (κ1) is 48.8. The standard InChI is InChI=1S/C28H26N6O21S6/c35-26-23(32-29-16-1-6-19(7-2-16)58(40,41)13-11-50-57-55-53-39)27(36)25(34-31-21-15-18(56-54-52-38)5-10-22(21)60(44,45)46)28(37)24(26)33-30-17-3-8-20(9-4-17)59(42,43)14-12-51-61(47,48)49/h1-10,15,35-39H,11-14H2,(H,44,45,46)(H,47,48,49)/b32-29+,33-30+,34-31+. The number of phenolic OH excluding ortho intramolecular Hbond substituents is 3. The Bertz CT molecular complexity index is 2740. The zero-order chi connectivity index (χ0) is 45.0. The molecule has 0 spiro atoms. The molecular formula is C28H26N6O21S6. The zero-order valence-electron chi connectivity index (χ0n) is 29.7. The maximum absolute atomic E-state index is 12.6. The first-order valence-electron chi connectivity index (χ1n) is 15.5. The fourth-order valence-corrected chi connectivity index (χ4v) is 8.21. The Labute approximate surface area is 351 Å². The second-order valence-electron chi connectivity index (χ2n) is 10.9. The molecule has 0 unspecified atom stereocenters. The highest BCUT2D eigenvalue weighted by Crippen LogP contribution is 2.57. The van der Waals surface area contributed by atoms with Gasteiger partial charge in [0.05, 0.1) is 57.9 Å². The number of benzene rings is 4. The molecular weight excluding hydrogens is 949 g/mol. The summed E-state index contributed by atoms with van der Waals surface area (Å²) in [4.78, 5) is -1.37. The van der Waals surface area contributed by atoms with E-state index < -0.39 is 103 Å². The van der Waals surface area contributed by atoms with Crippen LogP contribution in [0.5, 0.6) is 17.2 Å². The van der Waals surface area contributed by atoms with Crippen LogP contribution in [-0.2, 0) is 67.3 Å². The van der Waals surface area contributed by atoms with Gasteiger partial charge < -0.3 is 15.3 Å². The second kappa shape index (κ2) is 21.3. The van der Waals surface area contributed by atoms with Gasteiger partial charge in [-0.2, -0.15) is 27.1 Å². The van der Waals surface area contributed by atoms with Gasteiger partial charge in [0.15, 0.2) is 66.3 Å². The average Bonchev–Trinajstić information content (AvgIpc) is 3.19. The van der Waals surface area contributed by atoms with Crippen LogP contribution in [0.2, 0.25) is 0 Å². The van der Waals surface area contributed by atoms with E-state index in [1.807, 2.05) is 0 Å². The van der Waals surface area contributed by atoms with E-state index in [1.54, 1.807) is 0 Å². The molecule has 0 heterocycles. The highest BCUT2D eigenvalue weighted by Gasteiger charge is 2.26. The summed E-state index contributed by atoms with van der Waals surface area (Å²) in [6.07, 6.45) is 0. The van der Waals surface area contributed by atoms with Crippen LogP contribution in [0.4, 0.5) is 34.1 Å². The molecule has 0 aliphatic rings. The first-order valence-corrected chi connectivity index (χ1v) is 23.0. The molecule has 0 aliphatic heterocycles. The van der Waals surface area contributed by atoms with E-state index in [0.717, 1.165) is 54.6 Å². The molecule has 0 radical (unpaired) electrons. The fraction of sp³-hybridized carbons (Fsp3) is 0.143. The summed E-state index contributed by atoms with van der Waals surface area (Å²) in [5.41, 5.74) is -3.55. The van der Waals surface area contributed by atoms with E-state index in [0.29, 0.717) is 12.0 Å². The van der Waals surface area contributed by atoms with Gasteiger partial charge in [-0.25, -0.2) is 31.5 Å². The molecule has 0 fully saturated rings. The summed E-state index contributed by atoms with van der Waals surface area (Å²) >= 11 is 0.521. The molecule has 0 aromatic heterocycles. The van der Waals surface area contributed by atoms with E-state index in [1.165, 1.54) is 12.1 Å². The van der Waals surface area contributed by atoms with Gasteiger partial charge in [-0.1, -0.05) is 10.1 Å². The van der Waals surface area contributed by atoms with Crippen molar-refractivity contribution in [2.45, 2.75) is 19.6 Å². The van der Waals surface area contributed by atoms with E-state index in [-0.39, 0.29) is 45.0 Å². The molecule has 0 aliphatic carbocycles. The van der Waals surface area contributed by atoms with Crippen LogP contribution < -0.4 is 0 Å². The second-order valence-corrected chi connectivity index (χ2v) is 18.9. The van der Waals surface area contributed by atoms with Gasteiger partial charge in [0.2, 0.25) is 0 Å². The minimum Gasteiger partial charge on any atom is -0.504 e. The third-order valence-electron chi connectivity index (χ3n) is 7.02. The SMILES string of the molecule is O=S(=O)(O)OCCS(=O)(=O)c1ccc(/N=N/c2c(O)c(/N=N/c3ccc(S(=O)(=O)CCOSOOO)cc3)c(O)c(/N=N/c3cc(SOOO)ccc3S(=O)(=O)O)c2O)cc1. The summed E-state index contributed by atoms with van der Waals surface area (Å²) in [6, 6.07) is 11.7. The van der Waals surface area contributed by atoms with Crippen LogP contribution in [0.1, 0.15) is 0 Å². The third kappa shape index (κ3) is 14.1. The Morgan fingerprint density at radius 1 is 0.557 bits per heavy atom. The minimum atomic E-state index is -5.00. The van der Waals surface area contributed by atoms with Crippen LogP contribution in [0.3, 0.4) is 0 Å². The van der Waals surface area contributed by atoms with Crippen molar-refractivity contribution in [3.05, 3.63) is 66.7 Å². The number of nitrogens with zero attached hydrogens (tertiary/aromatic N) is 6. The summed E-state index contributed by atoms with van der Waals surface area (Å²) in [5, 5.41) is 79.3. The normalized spacial score (nSPS) is 12.9. The molecule has 61 heavy (non-hydrogen) atoms. The molecule has 4 aromatic rings. The topological polar surface area (TPSA) is 408 Å². The number of azo groups is 3. The highest BCUT2D eigenvalue weighted by molar-refractivity contribution is 7.94. The smallest absolute Gasteiger partial charge is 0.397 e. The monoisotopic (exact) mass is 974 g/mol. The Hall–Kier alpha value is -4.82. The lowest BCUT2D eigenvalue weighted by molar-refractivity contribution is -0.434. The maximum Gasteiger partial charge on any atom is 0.397 e. The van der Waals surface area contributed by atoms with E-state index in [9.17, 15) is 53.5 Å². The van der Waals surface area contributed by atoms with Crippen molar-refractivity contribution in [1.29, 1.82) is 0 Å². The van der Waals surface area contributed by atoms with E-state index in [4.69, 9.17) is 19.3 Å². The van der Waals surface area contributed by atoms with E-state index in [2.05, 4.69) is 53.6 Å². The van der Waals surface area contributed by atoms with Gasteiger partial charge in [-0.15, -0.1) is 29.1 Å². The Morgan fingerprint density at radius 3 is 1.46 bits per heavy atom. The lowest BCUT2D eigenvalue weighted by atomic mass is 10.2. The lowest BCUT2D eigenvalue weighted by Gasteiger charge is -2.10. The van der Waals surface area contributed by atoms with Crippen LogP contribution in [0.25, 0.3) is 0 Å². The predicted octanol–water partition coefficient (Wildman–Crippen LogP) is 6.09. The molecule has 0 atom stereocenters. The predicted molar refractivity (Wildman–Crippen MR) is 204 cm³/mol. The van der Waals surface area contributed by atoms with Gasteiger partial charge in [0.1, 0.15) is 10.6 Å². The van der Waals surface area contributed by atoms with Gasteiger partial charge in [-0.3, -0.25) is 13.3 Å². The molecule has 4 aromatic carbocycles. The first-order chi connectivity index (χ1) is 28.7. The van der Waals surface area contributed by atoms with Gasteiger partial charge >= 0.3 is 10.4 Å². The van der Waals surface area contributed by atoms with Crippen LogP contribution in [-0.4, -0.2) is 93.3 Å². The van der Waals surface area contributed by atoms with Crippen LogP contribution in [0, 0.1) is 0 Å². The molecule has 0 saturated carbocycles. The molecule has 0 saturated heterocycles. The fourth-order valence-electron chi connectivity index (χ4n) is 4.31. The third-order valence-corrected chi connectivity index (χ3v) is 12.7. The Balaban J connectivity index is 1.76. The number of hydrogen-bond donors (Lipinski definition) is 7. The highest BCUT2D eigenvalue weighted by atomic mass is 32.3. The minimum absolute atomic E-state index is 0.0117. The molecule has 330 valence electrons. The van der Waals surface area contributed by atoms with Gasteiger partial charge in [0, 0.05) is 4.90 Å². The number of sulfone groups is 2. The molecule has 33 heteroatoms. The quantitative estimate of drug-likeness (QED) is 0.0117. The Morgan fingerprint density at radius 2 is 1.02 bits per heavy atom. The number of hydrogen-bond acceptors (Lipinski definition) is 27. The average molecular weight is 975 g/mol. The van der Waals surface area contributed by atoms with Crippen molar-refractivity contribution >= 4 is 98.7 Å². The summed E-state index contributed by atoms with van der Waals surface area (Å²) in [7, 11) is -18.0. The molecule has 7 N–H and O–H groups in total. The van der Waals surface area contributed by atoms with Gasteiger partial charge in [0.25, 0.3) is 10.1 Å². The molecule has 0 bridgehead atoms. The largest absolute Gasteiger partial charge is 0.504 e. The van der Waals surface area contributed by atoms with Crippen LogP contribution >= 0.6 is 24.4 Å². The summed E-state index contributed by atoms with van der Waals surface area (Å²) in [5.74, 6) is -4.81. The van der Waals surface area contributed by atoms with Crippen molar-refractivity contribution < 1.29 is 95.7 Å². The number of aromatic hydroxyl groups is 3. The van der Waals surface area contributed by atoms with Crippen molar-refractivity contribution in [2.24, 2.45) is 30.7 Å². The zero-order valence-corrected chi connectivity index (χ0v) is 34.6. The molecule has 4 rings (SSSR count).